The van der Waals surface area contributed by atoms with Gasteiger partial charge in [-0.1, -0.05) is 12.8 Å². The van der Waals surface area contributed by atoms with E-state index in [9.17, 15) is 9.59 Å². The van der Waals surface area contributed by atoms with Crippen molar-refractivity contribution in [2.45, 2.75) is 52.1 Å². The van der Waals surface area contributed by atoms with Crippen LogP contribution in [-0.2, 0) is 18.4 Å². The zero-order valence-electron chi connectivity index (χ0n) is 16.6. The van der Waals surface area contributed by atoms with Gasteiger partial charge in [0.1, 0.15) is 5.82 Å². The Balaban J connectivity index is 1.74. The maximum absolute atomic E-state index is 12.3. The van der Waals surface area contributed by atoms with Crippen molar-refractivity contribution in [2.24, 2.45) is 13.0 Å². The molecule has 1 heterocycles. The topological polar surface area (TPSA) is 79.3 Å². The largest absolute Gasteiger partial charge is 0.336 e. The molecule has 1 aliphatic rings. The Bertz CT molecular complexity index is 836. The fraction of sp³-hybridized carbons (Fsp3) is 0.550. The molecule has 0 saturated heterocycles. The van der Waals surface area contributed by atoms with Gasteiger partial charge in [-0.3, -0.25) is 4.79 Å². The number of aryl methyl sites for hydroxylation is 1. The third kappa shape index (κ3) is 4.40. The monoisotopic (exact) mass is 371 g/mol. The molecule has 1 fully saturated rings. The van der Waals surface area contributed by atoms with Gasteiger partial charge < -0.3 is 20.1 Å². The van der Waals surface area contributed by atoms with E-state index in [2.05, 4.69) is 15.6 Å². The number of benzene rings is 1. The highest BCUT2D eigenvalue weighted by Gasteiger charge is 2.23. The second kappa shape index (κ2) is 7.98. The highest BCUT2D eigenvalue weighted by molar-refractivity contribution is 5.94. The van der Waals surface area contributed by atoms with Crippen molar-refractivity contribution >= 4 is 28.7 Å². The predicted octanol–water partition coefficient (Wildman–Crippen LogP) is 3.25. The zero-order chi connectivity index (χ0) is 19.6. The highest BCUT2D eigenvalue weighted by Crippen LogP contribution is 2.27. The van der Waals surface area contributed by atoms with Crippen LogP contribution in [0.3, 0.4) is 0 Å². The van der Waals surface area contributed by atoms with Gasteiger partial charge in [0.25, 0.3) is 0 Å². The van der Waals surface area contributed by atoms with Gasteiger partial charge in [0.2, 0.25) is 5.91 Å². The van der Waals surface area contributed by atoms with Crippen LogP contribution in [0.1, 0.15) is 45.4 Å². The number of urea groups is 1. The smallest absolute Gasteiger partial charge is 0.317 e. The number of carbonyl (C=O) groups is 2. The number of nitrogens with one attached hydrogen (secondary N) is 2. The third-order valence-electron chi connectivity index (χ3n) is 5.10. The number of rotatable bonds is 5. The molecule has 0 atom stereocenters. The highest BCUT2D eigenvalue weighted by atomic mass is 16.2. The molecule has 0 spiro atoms. The summed E-state index contributed by atoms with van der Waals surface area (Å²) in [6, 6.07) is 5.74. The number of amides is 3. The number of imidazole rings is 1. The number of anilines is 1. The zero-order valence-corrected chi connectivity index (χ0v) is 16.6. The summed E-state index contributed by atoms with van der Waals surface area (Å²) in [7, 11) is 3.69. The van der Waals surface area contributed by atoms with Crippen LogP contribution in [0.25, 0.3) is 11.0 Å². The Morgan fingerprint density at radius 1 is 1.30 bits per heavy atom. The summed E-state index contributed by atoms with van der Waals surface area (Å²) in [6.07, 6.45) is 4.23. The summed E-state index contributed by atoms with van der Waals surface area (Å²) in [6.45, 7) is 4.28. The molecule has 0 radical (unpaired) electrons. The first-order chi connectivity index (χ1) is 12.8. The van der Waals surface area contributed by atoms with E-state index in [1.54, 1.807) is 11.9 Å². The van der Waals surface area contributed by atoms with Crippen LogP contribution in [0.15, 0.2) is 18.2 Å². The van der Waals surface area contributed by atoms with Crippen LogP contribution < -0.4 is 10.6 Å². The lowest BCUT2D eigenvalue weighted by Gasteiger charge is -2.19. The van der Waals surface area contributed by atoms with E-state index in [0.717, 1.165) is 48.2 Å². The van der Waals surface area contributed by atoms with E-state index < -0.39 is 0 Å². The summed E-state index contributed by atoms with van der Waals surface area (Å²) in [4.78, 5) is 30.7. The van der Waals surface area contributed by atoms with Crippen LogP contribution >= 0.6 is 0 Å². The van der Waals surface area contributed by atoms with E-state index in [1.165, 1.54) is 0 Å². The molecule has 1 aliphatic carbocycles. The van der Waals surface area contributed by atoms with Gasteiger partial charge in [-0.25, -0.2) is 9.78 Å². The van der Waals surface area contributed by atoms with Crippen molar-refractivity contribution in [1.82, 2.24) is 19.8 Å². The molecule has 7 heteroatoms. The Morgan fingerprint density at radius 3 is 2.67 bits per heavy atom. The lowest BCUT2D eigenvalue weighted by atomic mass is 10.1. The molecule has 3 amide bonds. The van der Waals surface area contributed by atoms with E-state index in [0.29, 0.717) is 6.54 Å². The van der Waals surface area contributed by atoms with E-state index in [1.807, 2.05) is 43.7 Å². The van der Waals surface area contributed by atoms with E-state index >= 15 is 0 Å². The predicted molar refractivity (Wildman–Crippen MR) is 106 cm³/mol. The Labute approximate surface area is 160 Å². The van der Waals surface area contributed by atoms with Gasteiger partial charge in [0.15, 0.2) is 0 Å². The standard InChI is InChI=1S/C20H29N5O2/c1-13(2)21-20(27)24(3)12-18-23-16-11-15(9-10-17(16)25(18)4)22-19(26)14-7-5-6-8-14/h9-11,13-14H,5-8,12H2,1-4H3,(H,21,27)(H,22,26). The average Bonchev–Trinajstić information content (AvgIpc) is 3.23. The van der Waals surface area contributed by atoms with Gasteiger partial charge in [-0.15, -0.1) is 0 Å². The van der Waals surface area contributed by atoms with Crippen molar-refractivity contribution in [2.75, 3.05) is 12.4 Å². The van der Waals surface area contributed by atoms with Gasteiger partial charge in [-0.2, -0.15) is 0 Å². The Hall–Kier alpha value is -2.57. The first kappa shape index (κ1) is 19.2. The minimum absolute atomic E-state index is 0.0893. The normalized spacial score (nSPS) is 14.7. The van der Waals surface area contributed by atoms with Gasteiger partial charge in [0, 0.05) is 31.7 Å². The summed E-state index contributed by atoms with van der Waals surface area (Å²) >= 11 is 0. The molecule has 2 N–H and O–H groups in total. The number of fused-ring (bicyclic) bond motifs is 1. The molecule has 3 rings (SSSR count). The molecule has 1 aromatic heterocycles. The first-order valence-corrected chi connectivity index (χ1v) is 9.63. The maximum Gasteiger partial charge on any atom is 0.317 e. The van der Waals surface area contributed by atoms with Crippen molar-refractivity contribution < 1.29 is 9.59 Å². The molecular weight excluding hydrogens is 342 g/mol. The van der Waals surface area contributed by atoms with Crippen LogP contribution in [0.5, 0.6) is 0 Å². The molecule has 146 valence electrons. The van der Waals surface area contributed by atoms with E-state index in [4.69, 9.17) is 0 Å². The summed E-state index contributed by atoms with van der Waals surface area (Å²) in [5, 5.41) is 5.90. The summed E-state index contributed by atoms with van der Waals surface area (Å²) in [5.41, 5.74) is 2.56. The second-order valence-electron chi connectivity index (χ2n) is 7.72. The number of hydrogen-bond donors (Lipinski definition) is 2. The maximum atomic E-state index is 12.3. The SMILES string of the molecule is CC(C)NC(=O)N(C)Cc1nc2cc(NC(=O)C3CCCC3)ccc2n1C. The molecule has 0 unspecified atom stereocenters. The third-order valence-corrected chi connectivity index (χ3v) is 5.10. The Morgan fingerprint density at radius 2 is 2.00 bits per heavy atom. The molecule has 2 aromatic rings. The van der Waals surface area contributed by atoms with Crippen LogP contribution in [0.4, 0.5) is 10.5 Å². The molecule has 1 saturated carbocycles. The molecule has 0 aliphatic heterocycles. The number of hydrogen-bond acceptors (Lipinski definition) is 3. The van der Waals surface area contributed by atoms with Crippen molar-refractivity contribution in [3.05, 3.63) is 24.0 Å². The number of nitrogens with zero attached hydrogens (tertiary/aromatic N) is 3. The van der Waals surface area contributed by atoms with Crippen molar-refractivity contribution in [3.63, 3.8) is 0 Å². The molecule has 27 heavy (non-hydrogen) atoms. The molecule has 7 nitrogen and oxygen atoms in total. The van der Waals surface area contributed by atoms with E-state index in [-0.39, 0.29) is 23.9 Å². The minimum Gasteiger partial charge on any atom is -0.336 e. The van der Waals surface area contributed by atoms with Gasteiger partial charge in [0.05, 0.1) is 17.6 Å². The lowest BCUT2D eigenvalue weighted by molar-refractivity contribution is -0.119. The van der Waals surface area contributed by atoms with Gasteiger partial charge in [-0.05, 0) is 44.9 Å². The quantitative estimate of drug-likeness (QED) is 0.847. The second-order valence-corrected chi connectivity index (χ2v) is 7.72. The number of carbonyl (C=O) groups excluding carboxylic acids is 2. The summed E-state index contributed by atoms with van der Waals surface area (Å²) in [5.74, 6) is 1.03. The van der Waals surface area contributed by atoms with Crippen LogP contribution in [0.2, 0.25) is 0 Å². The molecule has 0 bridgehead atoms. The summed E-state index contributed by atoms with van der Waals surface area (Å²) < 4.78 is 1.98. The Kier molecular flexibility index (Phi) is 5.68. The lowest BCUT2D eigenvalue weighted by Crippen LogP contribution is -2.40. The fourth-order valence-corrected chi connectivity index (χ4v) is 3.54. The molecular formula is C20H29N5O2. The van der Waals surface area contributed by atoms with Gasteiger partial charge >= 0.3 is 6.03 Å². The van der Waals surface area contributed by atoms with Crippen LogP contribution in [0, 0.1) is 5.92 Å². The first-order valence-electron chi connectivity index (χ1n) is 9.63. The van der Waals surface area contributed by atoms with Crippen molar-refractivity contribution in [1.29, 1.82) is 0 Å². The molecule has 1 aromatic carbocycles. The minimum atomic E-state index is -0.124. The number of aromatic nitrogens is 2. The van der Waals surface area contributed by atoms with Crippen molar-refractivity contribution in [3.8, 4) is 0 Å². The fourth-order valence-electron chi connectivity index (χ4n) is 3.54. The average molecular weight is 371 g/mol. The van der Waals surface area contributed by atoms with Crippen LogP contribution in [-0.4, -0.2) is 39.5 Å².